The van der Waals surface area contributed by atoms with E-state index in [4.69, 9.17) is 0 Å². The second kappa shape index (κ2) is 5.36. The summed E-state index contributed by atoms with van der Waals surface area (Å²) in [5.74, 6) is 0.417. The smallest absolute Gasteiger partial charge is 0.260 e. The van der Waals surface area contributed by atoms with Gasteiger partial charge in [0.15, 0.2) is 5.78 Å². The van der Waals surface area contributed by atoms with Crippen molar-refractivity contribution in [2.75, 3.05) is 5.32 Å². The second-order valence-electron chi connectivity index (χ2n) is 4.81. The first-order valence-electron chi connectivity index (χ1n) is 6.65. The number of aryl methyl sites for hydroxylation is 1. The van der Waals surface area contributed by atoms with Crippen LogP contribution in [0.15, 0.2) is 35.3 Å². The van der Waals surface area contributed by atoms with Gasteiger partial charge in [-0.1, -0.05) is 12.1 Å². The van der Waals surface area contributed by atoms with E-state index in [-0.39, 0.29) is 23.2 Å². The molecule has 0 unspecified atom stereocenters. The number of aromatic amines is 1. The molecule has 0 aliphatic rings. The van der Waals surface area contributed by atoms with E-state index in [1.54, 1.807) is 31.2 Å². The number of rotatable bonds is 3. The third kappa shape index (κ3) is 2.56. The number of H-pyrrole nitrogens is 1. The zero-order valence-electron chi connectivity index (χ0n) is 12.0. The van der Waals surface area contributed by atoms with Gasteiger partial charge in [-0.25, -0.2) is 15.0 Å². The Hall–Kier alpha value is -3.09. The number of nitrogens with one attached hydrogen (secondary N) is 2. The van der Waals surface area contributed by atoms with Gasteiger partial charge in [0.2, 0.25) is 11.9 Å². The number of carbonyl (C=O) groups is 1. The molecule has 2 aromatic heterocycles. The van der Waals surface area contributed by atoms with Crippen molar-refractivity contribution < 1.29 is 4.79 Å². The van der Waals surface area contributed by atoms with E-state index >= 15 is 0 Å². The number of Topliss-reactive ketones (excluding diaryl/α,β-unsaturated/α-hetero) is 1. The molecule has 0 radical (unpaired) electrons. The number of fused-ring (bicyclic) bond motifs is 1. The zero-order valence-corrected chi connectivity index (χ0v) is 12.0. The molecule has 3 aromatic rings. The topological polar surface area (TPSA) is 101 Å². The minimum absolute atomic E-state index is 0.0960. The predicted molar refractivity (Wildman–Crippen MR) is 82.4 cm³/mol. The molecule has 110 valence electrons. The first-order valence-corrected chi connectivity index (χ1v) is 6.65. The Kier molecular flexibility index (Phi) is 3.38. The molecule has 0 saturated carbocycles. The van der Waals surface area contributed by atoms with Gasteiger partial charge in [-0.3, -0.25) is 19.9 Å². The van der Waals surface area contributed by atoms with Crippen molar-refractivity contribution in [2.45, 2.75) is 13.8 Å². The van der Waals surface area contributed by atoms with Crippen LogP contribution >= 0.6 is 0 Å². The van der Waals surface area contributed by atoms with E-state index in [0.29, 0.717) is 22.2 Å². The van der Waals surface area contributed by atoms with E-state index in [0.717, 1.165) is 0 Å². The Morgan fingerprint density at radius 1 is 1.23 bits per heavy atom. The molecule has 1 aromatic carbocycles. The SMILES string of the molecule is CC(=O)c1cnc(Nc2nc3ccccc3c(=O)[nH]2)nc1C. The summed E-state index contributed by atoms with van der Waals surface area (Å²) in [5, 5.41) is 3.35. The normalized spacial score (nSPS) is 10.6. The van der Waals surface area contributed by atoms with Crippen molar-refractivity contribution >= 4 is 28.6 Å². The van der Waals surface area contributed by atoms with Crippen molar-refractivity contribution in [1.29, 1.82) is 0 Å². The molecule has 22 heavy (non-hydrogen) atoms. The molecule has 0 atom stereocenters. The quantitative estimate of drug-likeness (QED) is 0.716. The molecule has 7 heteroatoms. The maximum absolute atomic E-state index is 12.0. The Bertz CT molecular complexity index is 933. The molecule has 0 saturated heterocycles. The highest BCUT2D eigenvalue weighted by atomic mass is 16.1. The van der Waals surface area contributed by atoms with Crippen LogP contribution < -0.4 is 10.9 Å². The lowest BCUT2D eigenvalue weighted by Gasteiger charge is -2.07. The third-order valence-corrected chi connectivity index (χ3v) is 3.20. The number of para-hydroxylation sites is 1. The number of anilines is 2. The van der Waals surface area contributed by atoms with Crippen molar-refractivity contribution in [2.24, 2.45) is 0 Å². The summed E-state index contributed by atoms with van der Waals surface area (Å²) in [4.78, 5) is 38.5. The fourth-order valence-electron chi connectivity index (χ4n) is 2.12. The van der Waals surface area contributed by atoms with Crippen molar-refractivity contribution in [1.82, 2.24) is 19.9 Å². The molecule has 0 aliphatic heterocycles. The first kappa shape index (κ1) is 13.9. The summed E-state index contributed by atoms with van der Waals surface area (Å²) >= 11 is 0. The summed E-state index contributed by atoms with van der Waals surface area (Å²) < 4.78 is 0. The van der Waals surface area contributed by atoms with Gasteiger partial charge in [-0.15, -0.1) is 0 Å². The Morgan fingerprint density at radius 3 is 2.73 bits per heavy atom. The summed E-state index contributed by atoms with van der Waals surface area (Å²) in [7, 11) is 0. The number of hydrogen-bond donors (Lipinski definition) is 2. The first-order chi connectivity index (χ1) is 10.5. The van der Waals surface area contributed by atoms with Crippen LogP contribution in [0.1, 0.15) is 23.0 Å². The van der Waals surface area contributed by atoms with Gasteiger partial charge in [-0.05, 0) is 26.0 Å². The lowest BCUT2D eigenvalue weighted by molar-refractivity contribution is 0.101. The highest BCUT2D eigenvalue weighted by Gasteiger charge is 2.09. The van der Waals surface area contributed by atoms with Gasteiger partial charge in [0.25, 0.3) is 5.56 Å². The Morgan fingerprint density at radius 2 is 2.00 bits per heavy atom. The third-order valence-electron chi connectivity index (χ3n) is 3.20. The molecular weight excluding hydrogens is 282 g/mol. The number of hydrogen-bond acceptors (Lipinski definition) is 6. The molecule has 0 aliphatic carbocycles. The fourth-order valence-corrected chi connectivity index (χ4v) is 2.12. The molecule has 2 heterocycles. The van der Waals surface area contributed by atoms with E-state index in [9.17, 15) is 9.59 Å². The average molecular weight is 295 g/mol. The number of aromatic nitrogens is 4. The van der Waals surface area contributed by atoms with Crippen molar-refractivity contribution in [3.8, 4) is 0 Å². The maximum Gasteiger partial charge on any atom is 0.260 e. The number of nitrogens with zero attached hydrogens (tertiary/aromatic N) is 3. The highest BCUT2D eigenvalue weighted by molar-refractivity contribution is 5.94. The van der Waals surface area contributed by atoms with Gasteiger partial charge in [-0.2, -0.15) is 0 Å². The lowest BCUT2D eigenvalue weighted by atomic mass is 10.2. The minimum atomic E-state index is -0.245. The standard InChI is InChI=1S/C15H13N5O2/c1-8-11(9(2)21)7-16-14(17-8)20-15-18-12-6-4-3-5-10(12)13(22)19-15/h3-7H,1-2H3,(H2,16,17,18,19,20,22). The average Bonchev–Trinajstić information content (AvgIpc) is 2.47. The minimum Gasteiger partial charge on any atom is -0.294 e. The Labute approximate surface area is 125 Å². The molecule has 7 nitrogen and oxygen atoms in total. The number of carbonyl (C=O) groups excluding carboxylic acids is 1. The summed E-state index contributed by atoms with van der Waals surface area (Å²) in [6.45, 7) is 3.18. The zero-order chi connectivity index (χ0) is 15.7. The van der Waals surface area contributed by atoms with E-state index in [1.807, 2.05) is 0 Å². The van der Waals surface area contributed by atoms with Gasteiger partial charge in [0.1, 0.15) is 0 Å². The van der Waals surface area contributed by atoms with Crippen LogP contribution in [0.3, 0.4) is 0 Å². The van der Waals surface area contributed by atoms with Crippen LogP contribution in [0.25, 0.3) is 10.9 Å². The van der Waals surface area contributed by atoms with Crippen molar-refractivity contribution in [3.63, 3.8) is 0 Å². The van der Waals surface area contributed by atoms with Crippen LogP contribution in [0, 0.1) is 6.92 Å². The van der Waals surface area contributed by atoms with Gasteiger partial charge in [0.05, 0.1) is 22.2 Å². The number of ketones is 1. The van der Waals surface area contributed by atoms with Crippen LogP contribution in [-0.2, 0) is 0 Å². The second-order valence-corrected chi connectivity index (χ2v) is 4.81. The fraction of sp³-hybridized carbons (Fsp3) is 0.133. The van der Waals surface area contributed by atoms with Gasteiger partial charge in [0, 0.05) is 6.20 Å². The molecule has 0 amide bonds. The van der Waals surface area contributed by atoms with E-state index < -0.39 is 0 Å². The molecule has 0 spiro atoms. The molecule has 0 fully saturated rings. The van der Waals surface area contributed by atoms with Gasteiger partial charge < -0.3 is 0 Å². The molecule has 0 bridgehead atoms. The summed E-state index contributed by atoms with van der Waals surface area (Å²) in [6.07, 6.45) is 1.45. The monoisotopic (exact) mass is 295 g/mol. The molecule has 2 N–H and O–H groups in total. The van der Waals surface area contributed by atoms with Crippen LogP contribution in [0.5, 0.6) is 0 Å². The van der Waals surface area contributed by atoms with Gasteiger partial charge >= 0.3 is 0 Å². The predicted octanol–water partition coefficient (Wildman–Crippen LogP) is 1.97. The van der Waals surface area contributed by atoms with Crippen LogP contribution in [0.4, 0.5) is 11.9 Å². The molecule has 3 rings (SSSR count). The largest absolute Gasteiger partial charge is 0.294 e. The molecular formula is C15H13N5O2. The highest BCUT2D eigenvalue weighted by Crippen LogP contribution is 2.13. The lowest BCUT2D eigenvalue weighted by Crippen LogP contribution is -2.12. The van der Waals surface area contributed by atoms with Crippen LogP contribution in [-0.4, -0.2) is 25.7 Å². The van der Waals surface area contributed by atoms with Crippen molar-refractivity contribution in [3.05, 3.63) is 52.1 Å². The number of benzene rings is 1. The Balaban J connectivity index is 1.98. The summed E-state index contributed by atoms with van der Waals surface area (Å²) in [6, 6.07) is 7.04. The van der Waals surface area contributed by atoms with E-state index in [2.05, 4.69) is 25.3 Å². The van der Waals surface area contributed by atoms with Crippen LogP contribution in [0.2, 0.25) is 0 Å². The summed E-state index contributed by atoms with van der Waals surface area (Å²) in [5.41, 5.74) is 1.36. The maximum atomic E-state index is 12.0. The van der Waals surface area contributed by atoms with E-state index in [1.165, 1.54) is 13.1 Å².